The molecule has 0 saturated carbocycles. The average Bonchev–Trinajstić information content (AvgIpc) is 3.46. The van der Waals surface area contributed by atoms with Crippen molar-refractivity contribution in [2.45, 2.75) is 17.8 Å². The number of nitrogens with zero attached hydrogens (tertiary/aromatic N) is 5. The lowest BCUT2D eigenvalue weighted by Gasteiger charge is -2.08. The lowest BCUT2D eigenvalue weighted by Crippen LogP contribution is -1.98. The van der Waals surface area contributed by atoms with Gasteiger partial charge in [-0.2, -0.15) is 0 Å². The van der Waals surface area contributed by atoms with Gasteiger partial charge in [-0.05, 0) is 42.1 Å². The zero-order chi connectivity index (χ0) is 18.9. The van der Waals surface area contributed by atoms with E-state index >= 15 is 0 Å². The van der Waals surface area contributed by atoms with E-state index in [-0.39, 0.29) is 0 Å². The number of rotatable bonds is 5. The third-order valence-corrected chi connectivity index (χ3v) is 6.29. The number of benzene rings is 1. The van der Waals surface area contributed by atoms with E-state index in [0.717, 1.165) is 38.6 Å². The zero-order valence-electron chi connectivity index (χ0n) is 15.2. The fourth-order valence-electron chi connectivity index (χ4n) is 3.15. The molecular weight excluding hydrogens is 386 g/mol. The highest BCUT2D eigenvalue weighted by molar-refractivity contribution is 7.98. The molecule has 7 heteroatoms. The Labute approximate surface area is 170 Å². The molecule has 0 N–H and O–H groups in total. The molecule has 1 aromatic carbocycles. The Bertz CT molecular complexity index is 1220. The summed E-state index contributed by atoms with van der Waals surface area (Å²) < 4.78 is 4.20. The minimum atomic E-state index is 0.733. The lowest BCUT2D eigenvalue weighted by molar-refractivity contribution is 0.886. The van der Waals surface area contributed by atoms with Gasteiger partial charge in [0.05, 0.1) is 10.6 Å². The molecule has 0 amide bonds. The van der Waals surface area contributed by atoms with Crippen LogP contribution in [0.15, 0.2) is 77.5 Å². The molecule has 0 radical (unpaired) electrons. The summed E-state index contributed by atoms with van der Waals surface area (Å²) in [6.07, 6.45) is 4.11. The van der Waals surface area contributed by atoms with E-state index in [1.807, 2.05) is 36.5 Å². The van der Waals surface area contributed by atoms with Crippen LogP contribution in [-0.2, 0) is 5.75 Å². The largest absolute Gasteiger partial charge is 0.307 e. The van der Waals surface area contributed by atoms with Crippen molar-refractivity contribution in [1.82, 2.24) is 24.1 Å². The smallest absolute Gasteiger partial charge is 0.196 e. The topological polar surface area (TPSA) is 48.0 Å². The molecule has 28 heavy (non-hydrogen) atoms. The van der Waals surface area contributed by atoms with Crippen molar-refractivity contribution in [3.8, 4) is 16.4 Å². The normalized spacial score (nSPS) is 11.3. The lowest BCUT2D eigenvalue weighted by atomic mass is 10.3. The van der Waals surface area contributed by atoms with Gasteiger partial charge in [-0.1, -0.05) is 42.1 Å². The first-order valence-corrected chi connectivity index (χ1v) is 10.8. The first-order valence-electron chi connectivity index (χ1n) is 8.90. The number of hydrogen-bond donors (Lipinski definition) is 0. The van der Waals surface area contributed by atoms with Crippen LogP contribution in [0, 0.1) is 6.92 Å². The van der Waals surface area contributed by atoms with Crippen molar-refractivity contribution >= 4 is 28.7 Å². The van der Waals surface area contributed by atoms with Crippen molar-refractivity contribution in [1.29, 1.82) is 0 Å². The number of para-hydroxylation sites is 1. The van der Waals surface area contributed by atoms with Crippen molar-refractivity contribution in [2.75, 3.05) is 0 Å². The van der Waals surface area contributed by atoms with Crippen LogP contribution in [0.4, 0.5) is 0 Å². The number of aryl methyl sites for hydroxylation is 1. The van der Waals surface area contributed by atoms with E-state index in [1.165, 1.54) is 5.56 Å². The second-order valence-corrected chi connectivity index (χ2v) is 8.29. The Hall–Kier alpha value is -2.90. The molecular formula is C21H17N5S2. The minimum Gasteiger partial charge on any atom is -0.307 e. The molecule has 5 rings (SSSR count). The van der Waals surface area contributed by atoms with E-state index in [9.17, 15) is 0 Å². The molecule has 0 unspecified atom stereocenters. The number of fused-ring (bicyclic) bond motifs is 1. The van der Waals surface area contributed by atoms with Gasteiger partial charge in [0.15, 0.2) is 11.0 Å². The predicted molar refractivity (Wildman–Crippen MR) is 114 cm³/mol. The van der Waals surface area contributed by atoms with Gasteiger partial charge in [-0.25, -0.2) is 4.98 Å². The summed E-state index contributed by atoms with van der Waals surface area (Å²) in [7, 11) is 0. The highest BCUT2D eigenvalue weighted by Gasteiger charge is 2.17. The quantitative estimate of drug-likeness (QED) is 0.376. The number of aromatic nitrogens is 5. The van der Waals surface area contributed by atoms with Gasteiger partial charge >= 0.3 is 0 Å². The molecule has 4 heterocycles. The SMILES string of the molecule is Cc1cccn2cc(CSc3nnc(-c4cccs4)n3-c3ccccc3)nc12. The Morgan fingerprint density at radius 1 is 1.00 bits per heavy atom. The van der Waals surface area contributed by atoms with Gasteiger partial charge in [0.25, 0.3) is 0 Å². The van der Waals surface area contributed by atoms with Crippen LogP contribution in [0.5, 0.6) is 0 Å². The summed E-state index contributed by atoms with van der Waals surface area (Å²) in [6, 6.07) is 18.5. The first-order chi connectivity index (χ1) is 13.8. The monoisotopic (exact) mass is 403 g/mol. The van der Waals surface area contributed by atoms with Crippen molar-refractivity contribution in [2.24, 2.45) is 0 Å². The fraction of sp³-hybridized carbons (Fsp3) is 0.0952. The summed E-state index contributed by atoms with van der Waals surface area (Å²) >= 11 is 3.32. The van der Waals surface area contributed by atoms with Gasteiger partial charge in [-0.3, -0.25) is 4.57 Å². The maximum Gasteiger partial charge on any atom is 0.196 e. The number of hydrogen-bond acceptors (Lipinski definition) is 5. The summed E-state index contributed by atoms with van der Waals surface area (Å²) in [5.41, 5.74) is 4.26. The van der Waals surface area contributed by atoms with Crippen LogP contribution in [0.25, 0.3) is 22.0 Å². The van der Waals surface area contributed by atoms with Crippen LogP contribution in [0.1, 0.15) is 11.3 Å². The maximum atomic E-state index is 4.77. The third kappa shape index (κ3) is 3.12. The molecule has 138 valence electrons. The molecule has 0 saturated heterocycles. The average molecular weight is 404 g/mol. The van der Waals surface area contributed by atoms with Crippen LogP contribution in [0.2, 0.25) is 0 Å². The molecule has 5 aromatic rings. The van der Waals surface area contributed by atoms with Crippen LogP contribution >= 0.6 is 23.1 Å². The van der Waals surface area contributed by atoms with Gasteiger partial charge in [0.2, 0.25) is 0 Å². The Morgan fingerprint density at radius 3 is 2.68 bits per heavy atom. The van der Waals surface area contributed by atoms with Crippen molar-refractivity contribution in [3.05, 3.63) is 83.6 Å². The molecule has 0 aliphatic rings. The standard InChI is InChI=1S/C21H17N5S2/c1-15-7-5-11-25-13-16(22-19(15)25)14-28-21-24-23-20(18-10-6-12-27-18)26(21)17-8-3-2-4-9-17/h2-13H,14H2,1H3. The van der Waals surface area contributed by atoms with E-state index in [0.29, 0.717) is 0 Å². The summed E-state index contributed by atoms with van der Waals surface area (Å²) in [5, 5.41) is 11.9. The molecule has 4 aromatic heterocycles. The molecule has 0 aliphatic heterocycles. The Balaban J connectivity index is 1.50. The van der Waals surface area contributed by atoms with Crippen LogP contribution in [-0.4, -0.2) is 24.1 Å². The van der Waals surface area contributed by atoms with E-state index in [2.05, 4.69) is 61.9 Å². The molecule has 0 aliphatic carbocycles. The molecule has 0 atom stereocenters. The van der Waals surface area contributed by atoms with E-state index < -0.39 is 0 Å². The Morgan fingerprint density at radius 2 is 1.89 bits per heavy atom. The Kier molecular flexibility index (Phi) is 4.46. The van der Waals surface area contributed by atoms with E-state index in [1.54, 1.807) is 23.1 Å². The number of pyridine rings is 1. The molecule has 5 nitrogen and oxygen atoms in total. The highest BCUT2D eigenvalue weighted by Crippen LogP contribution is 2.31. The first kappa shape index (κ1) is 17.2. The number of thiophene rings is 1. The predicted octanol–water partition coefficient (Wildman–Crippen LogP) is 5.24. The van der Waals surface area contributed by atoms with E-state index in [4.69, 9.17) is 4.98 Å². The third-order valence-electron chi connectivity index (χ3n) is 4.47. The van der Waals surface area contributed by atoms with Crippen molar-refractivity contribution < 1.29 is 0 Å². The van der Waals surface area contributed by atoms with Gasteiger partial charge < -0.3 is 4.40 Å². The van der Waals surface area contributed by atoms with Gasteiger partial charge in [-0.15, -0.1) is 21.5 Å². The highest BCUT2D eigenvalue weighted by atomic mass is 32.2. The summed E-state index contributed by atoms with van der Waals surface area (Å²) in [5.74, 6) is 1.60. The second-order valence-electron chi connectivity index (χ2n) is 6.40. The van der Waals surface area contributed by atoms with Crippen LogP contribution in [0.3, 0.4) is 0 Å². The summed E-state index contributed by atoms with van der Waals surface area (Å²) in [6.45, 7) is 2.08. The summed E-state index contributed by atoms with van der Waals surface area (Å²) in [4.78, 5) is 5.88. The minimum absolute atomic E-state index is 0.733. The maximum absolute atomic E-state index is 4.77. The van der Waals surface area contributed by atoms with Crippen LogP contribution < -0.4 is 0 Å². The second kappa shape index (κ2) is 7.26. The molecule has 0 bridgehead atoms. The van der Waals surface area contributed by atoms with Gasteiger partial charge in [0.1, 0.15) is 5.65 Å². The van der Waals surface area contributed by atoms with Crippen molar-refractivity contribution in [3.63, 3.8) is 0 Å². The molecule has 0 spiro atoms. The zero-order valence-corrected chi connectivity index (χ0v) is 16.8. The number of thioether (sulfide) groups is 1. The molecule has 0 fully saturated rings. The number of imidazole rings is 1. The van der Waals surface area contributed by atoms with Gasteiger partial charge in [0, 0.05) is 23.8 Å². The fourth-order valence-corrected chi connectivity index (χ4v) is 4.69.